The molecule has 0 spiro atoms. The Kier molecular flexibility index (Phi) is 6.19. The summed E-state index contributed by atoms with van der Waals surface area (Å²) >= 11 is 1.46. The van der Waals surface area contributed by atoms with E-state index in [1.807, 2.05) is 39.0 Å². The number of carbonyl (C=O) groups is 1. The molecule has 0 aliphatic carbocycles. The van der Waals surface area contributed by atoms with E-state index in [2.05, 4.69) is 20.7 Å². The van der Waals surface area contributed by atoms with Crippen LogP contribution < -0.4 is 10.6 Å². The van der Waals surface area contributed by atoms with E-state index in [-0.39, 0.29) is 11.6 Å². The molecule has 33 heavy (non-hydrogen) atoms. The van der Waals surface area contributed by atoms with Crippen molar-refractivity contribution in [2.45, 2.75) is 38.9 Å². The molecule has 1 amide bonds. The first-order valence-electron chi connectivity index (χ1n) is 10.5. The van der Waals surface area contributed by atoms with Gasteiger partial charge in [-0.05, 0) is 49.8 Å². The van der Waals surface area contributed by atoms with E-state index in [9.17, 15) is 14.9 Å². The maximum atomic E-state index is 13.6. The smallest absolute Gasteiger partial charge is 0.275 e. The van der Waals surface area contributed by atoms with Gasteiger partial charge in [-0.2, -0.15) is 4.98 Å². The van der Waals surface area contributed by atoms with Crippen LogP contribution in [0.1, 0.15) is 36.6 Å². The van der Waals surface area contributed by atoms with Gasteiger partial charge >= 0.3 is 0 Å². The van der Waals surface area contributed by atoms with Crippen molar-refractivity contribution in [3.05, 3.63) is 80.5 Å². The van der Waals surface area contributed by atoms with Crippen molar-refractivity contribution >= 4 is 35.0 Å². The van der Waals surface area contributed by atoms with E-state index < -0.39 is 11.0 Å². The summed E-state index contributed by atoms with van der Waals surface area (Å²) in [5, 5.41) is 23.1. The SMILES string of the molecule is CCSc1nc2n(n1)C(c1ccccc1[N+](=O)[O-])C(C(=O)Nc1cccc(C)c1C)=C(C)N2. The number of benzene rings is 2. The zero-order valence-corrected chi connectivity index (χ0v) is 19.6. The molecule has 2 heterocycles. The number of allylic oxidation sites excluding steroid dienone is 1. The highest BCUT2D eigenvalue weighted by atomic mass is 32.2. The number of nitrogens with zero attached hydrogens (tertiary/aromatic N) is 4. The molecule has 1 aliphatic heterocycles. The van der Waals surface area contributed by atoms with Gasteiger partial charge in [0.1, 0.15) is 6.04 Å². The van der Waals surface area contributed by atoms with E-state index in [1.54, 1.807) is 29.8 Å². The minimum absolute atomic E-state index is 0.0830. The van der Waals surface area contributed by atoms with E-state index >= 15 is 0 Å². The van der Waals surface area contributed by atoms with Crippen molar-refractivity contribution in [3.8, 4) is 0 Å². The van der Waals surface area contributed by atoms with Crippen molar-refractivity contribution in [1.82, 2.24) is 14.8 Å². The Morgan fingerprint density at radius 2 is 1.97 bits per heavy atom. The number of aryl methyl sites for hydroxylation is 1. The molecule has 9 nitrogen and oxygen atoms in total. The molecule has 4 rings (SSSR count). The van der Waals surface area contributed by atoms with E-state index in [0.29, 0.717) is 33.6 Å². The molecule has 2 N–H and O–H groups in total. The number of rotatable bonds is 6. The summed E-state index contributed by atoms with van der Waals surface area (Å²) in [4.78, 5) is 29.5. The molecule has 0 saturated carbocycles. The van der Waals surface area contributed by atoms with Crippen molar-refractivity contribution in [2.24, 2.45) is 0 Å². The fourth-order valence-electron chi connectivity index (χ4n) is 3.86. The summed E-state index contributed by atoms with van der Waals surface area (Å²) in [5.41, 5.74) is 3.89. The van der Waals surface area contributed by atoms with Crippen LogP contribution in [0.15, 0.2) is 58.9 Å². The number of aromatic nitrogens is 3. The first kappa shape index (κ1) is 22.5. The average molecular weight is 465 g/mol. The lowest BCUT2D eigenvalue weighted by atomic mass is 9.93. The van der Waals surface area contributed by atoms with Gasteiger partial charge in [0.05, 0.1) is 16.1 Å². The predicted molar refractivity (Wildman–Crippen MR) is 129 cm³/mol. The molecule has 10 heteroatoms. The number of hydrogen-bond donors (Lipinski definition) is 2. The number of fused-ring (bicyclic) bond motifs is 1. The highest BCUT2D eigenvalue weighted by Gasteiger charge is 2.37. The van der Waals surface area contributed by atoms with Gasteiger partial charge in [0.25, 0.3) is 11.6 Å². The monoisotopic (exact) mass is 464 g/mol. The molecule has 1 atom stereocenters. The molecule has 2 aromatic carbocycles. The Bertz CT molecular complexity index is 1280. The third-order valence-electron chi connectivity index (χ3n) is 5.63. The van der Waals surface area contributed by atoms with Crippen LogP contribution in [-0.2, 0) is 4.79 Å². The normalized spacial score (nSPS) is 15.1. The number of anilines is 2. The van der Waals surface area contributed by atoms with Gasteiger partial charge in [0.2, 0.25) is 11.1 Å². The number of hydrogen-bond acceptors (Lipinski definition) is 7. The topological polar surface area (TPSA) is 115 Å². The molecule has 0 saturated heterocycles. The number of nitro benzene ring substituents is 1. The molecule has 1 aromatic heterocycles. The van der Waals surface area contributed by atoms with Crippen molar-refractivity contribution < 1.29 is 9.72 Å². The molecule has 1 aliphatic rings. The van der Waals surface area contributed by atoms with Crippen LogP contribution in [0.4, 0.5) is 17.3 Å². The number of thioether (sulfide) groups is 1. The molecule has 0 radical (unpaired) electrons. The second-order valence-electron chi connectivity index (χ2n) is 7.68. The largest absolute Gasteiger partial charge is 0.328 e. The van der Waals surface area contributed by atoms with Crippen LogP contribution in [0.2, 0.25) is 0 Å². The quantitative estimate of drug-likeness (QED) is 0.305. The third-order valence-corrected chi connectivity index (χ3v) is 6.35. The zero-order valence-electron chi connectivity index (χ0n) is 18.7. The number of nitro groups is 1. The Hall–Kier alpha value is -3.66. The molecule has 170 valence electrons. The fourth-order valence-corrected chi connectivity index (χ4v) is 4.42. The van der Waals surface area contributed by atoms with Crippen LogP contribution in [0.3, 0.4) is 0 Å². The van der Waals surface area contributed by atoms with Crippen molar-refractivity contribution in [2.75, 3.05) is 16.4 Å². The summed E-state index contributed by atoms with van der Waals surface area (Å²) in [5.74, 6) is 0.851. The Morgan fingerprint density at radius 3 is 2.70 bits per heavy atom. The van der Waals surface area contributed by atoms with Crippen LogP contribution in [0, 0.1) is 24.0 Å². The Morgan fingerprint density at radius 1 is 1.21 bits per heavy atom. The number of nitrogens with one attached hydrogen (secondary N) is 2. The summed E-state index contributed by atoms with van der Waals surface area (Å²) < 4.78 is 1.56. The summed E-state index contributed by atoms with van der Waals surface area (Å²) in [6.07, 6.45) is 0. The van der Waals surface area contributed by atoms with Gasteiger partial charge in [-0.3, -0.25) is 14.9 Å². The molecular weight excluding hydrogens is 440 g/mol. The van der Waals surface area contributed by atoms with E-state index in [1.165, 1.54) is 17.8 Å². The summed E-state index contributed by atoms with van der Waals surface area (Å²) in [7, 11) is 0. The van der Waals surface area contributed by atoms with Crippen LogP contribution >= 0.6 is 11.8 Å². The van der Waals surface area contributed by atoms with Gasteiger partial charge in [-0.25, -0.2) is 4.68 Å². The van der Waals surface area contributed by atoms with Crippen molar-refractivity contribution in [3.63, 3.8) is 0 Å². The fraction of sp³-hybridized carbons (Fsp3) is 0.261. The minimum Gasteiger partial charge on any atom is -0.328 e. The Labute approximate surface area is 195 Å². The molecule has 1 unspecified atom stereocenters. The highest BCUT2D eigenvalue weighted by molar-refractivity contribution is 7.99. The van der Waals surface area contributed by atoms with Gasteiger partial charge in [-0.15, -0.1) is 5.10 Å². The minimum atomic E-state index is -0.813. The predicted octanol–water partition coefficient (Wildman–Crippen LogP) is 4.84. The maximum Gasteiger partial charge on any atom is 0.275 e. The van der Waals surface area contributed by atoms with Crippen LogP contribution in [-0.4, -0.2) is 31.3 Å². The molecular formula is C23H24N6O3S. The number of carbonyl (C=O) groups excluding carboxylic acids is 1. The first-order valence-corrected chi connectivity index (χ1v) is 11.5. The molecule has 3 aromatic rings. The lowest BCUT2D eigenvalue weighted by Crippen LogP contribution is -2.32. The third kappa shape index (κ3) is 4.21. The zero-order chi connectivity index (χ0) is 23.7. The standard InChI is InChI=1S/C23H24N6O3S/c1-5-33-23-26-22-24-15(4)19(21(30)25-17-11-8-9-13(2)14(17)3)20(28(22)27-23)16-10-6-7-12-18(16)29(31)32/h6-12,20H,5H2,1-4H3,(H,25,30)(H,24,26,27). The van der Waals surface area contributed by atoms with Crippen LogP contribution in [0.25, 0.3) is 0 Å². The van der Waals surface area contributed by atoms with E-state index in [0.717, 1.165) is 16.9 Å². The second-order valence-corrected chi connectivity index (χ2v) is 8.91. The second kappa shape index (κ2) is 9.07. The Balaban J connectivity index is 1.86. The lowest BCUT2D eigenvalue weighted by Gasteiger charge is -2.28. The van der Waals surface area contributed by atoms with Crippen molar-refractivity contribution in [1.29, 1.82) is 0 Å². The first-order chi connectivity index (χ1) is 15.8. The average Bonchev–Trinajstić information content (AvgIpc) is 3.18. The highest BCUT2D eigenvalue weighted by Crippen LogP contribution is 2.40. The summed E-state index contributed by atoms with van der Waals surface area (Å²) in [6, 6.07) is 11.3. The lowest BCUT2D eigenvalue weighted by molar-refractivity contribution is -0.385. The van der Waals surface area contributed by atoms with Crippen LogP contribution in [0.5, 0.6) is 0 Å². The maximum absolute atomic E-state index is 13.6. The number of amides is 1. The van der Waals surface area contributed by atoms with Gasteiger partial charge < -0.3 is 10.6 Å². The molecule has 0 fully saturated rings. The van der Waals surface area contributed by atoms with Gasteiger partial charge in [0, 0.05) is 17.5 Å². The van der Waals surface area contributed by atoms with Gasteiger partial charge in [-0.1, -0.05) is 43.0 Å². The number of para-hydroxylation sites is 1. The van der Waals surface area contributed by atoms with E-state index in [4.69, 9.17) is 0 Å². The molecule has 0 bridgehead atoms. The summed E-state index contributed by atoms with van der Waals surface area (Å²) in [6.45, 7) is 7.67. The van der Waals surface area contributed by atoms with Gasteiger partial charge in [0.15, 0.2) is 0 Å².